The Kier molecular flexibility index (Phi) is 6.21. The van der Waals surface area contributed by atoms with Gasteiger partial charge in [-0.1, -0.05) is 32.0 Å². The Labute approximate surface area is 152 Å². The van der Waals surface area contributed by atoms with Crippen LogP contribution in [0.5, 0.6) is 0 Å². The molecule has 0 amide bonds. The van der Waals surface area contributed by atoms with E-state index in [0.29, 0.717) is 11.8 Å². The molecular formula is C17H24N2O4S2. The predicted molar refractivity (Wildman–Crippen MR) is 100 cm³/mol. The zero-order chi connectivity index (χ0) is 18.8. The molecule has 1 heterocycles. The van der Waals surface area contributed by atoms with Crippen LogP contribution >= 0.6 is 11.3 Å². The van der Waals surface area contributed by atoms with E-state index in [-0.39, 0.29) is 28.3 Å². The number of benzene rings is 1. The minimum atomic E-state index is -3.84. The Morgan fingerprint density at radius 2 is 1.96 bits per heavy atom. The SMILES string of the molecule is COC(=O)c1sc2ccccc2c1S(=O)(=O)N(C)CCC(N)C(C)C. The van der Waals surface area contributed by atoms with Gasteiger partial charge in [0.2, 0.25) is 10.0 Å². The summed E-state index contributed by atoms with van der Waals surface area (Å²) in [5.41, 5.74) is 6.02. The topological polar surface area (TPSA) is 89.7 Å². The second-order valence-electron chi connectivity index (χ2n) is 6.27. The van der Waals surface area contributed by atoms with E-state index in [9.17, 15) is 13.2 Å². The van der Waals surface area contributed by atoms with Crippen molar-refractivity contribution in [3.63, 3.8) is 0 Å². The third-order valence-corrected chi connectivity index (χ3v) is 7.45. The lowest BCUT2D eigenvalue weighted by molar-refractivity contribution is 0.0602. The number of hydrogen-bond acceptors (Lipinski definition) is 6. The van der Waals surface area contributed by atoms with Crippen LogP contribution in [0.1, 0.15) is 29.9 Å². The van der Waals surface area contributed by atoms with Gasteiger partial charge in [-0.05, 0) is 18.4 Å². The Bertz CT molecular complexity index is 859. The van der Waals surface area contributed by atoms with E-state index in [0.717, 1.165) is 16.0 Å². The number of methoxy groups -OCH3 is 1. The van der Waals surface area contributed by atoms with Gasteiger partial charge in [0.1, 0.15) is 9.77 Å². The molecule has 0 saturated carbocycles. The van der Waals surface area contributed by atoms with E-state index in [2.05, 4.69) is 0 Å². The number of carbonyl (C=O) groups excluding carboxylic acids is 1. The largest absolute Gasteiger partial charge is 0.465 e. The van der Waals surface area contributed by atoms with Crippen LogP contribution in [0.25, 0.3) is 10.1 Å². The van der Waals surface area contributed by atoms with Gasteiger partial charge in [0.25, 0.3) is 0 Å². The molecule has 1 aromatic carbocycles. The van der Waals surface area contributed by atoms with Crippen molar-refractivity contribution in [3.05, 3.63) is 29.1 Å². The van der Waals surface area contributed by atoms with Crippen molar-refractivity contribution in [2.45, 2.75) is 31.2 Å². The highest BCUT2D eigenvalue weighted by Crippen LogP contribution is 2.36. The number of rotatable bonds is 7. The zero-order valence-electron chi connectivity index (χ0n) is 14.9. The maximum atomic E-state index is 13.1. The molecule has 1 unspecified atom stereocenters. The molecule has 0 aliphatic heterocycles. The van der Waals surface area contributed by atoms with E-state index in [1.54, 1.807) is 18.2 Å². The van der Waals surface area contributed by atoms with Crippen LogP contribution in [-0.4, -0.2) is 45.4 Å². The van der Waals surface area contributed by atoms with Gasteiger partial charge < -0.3 is 10.5 Å². The summed E-state index contributed by atoms with van der Waals surface area (Å²) in [6.07, 6.45) is 0.545. The molecule has 25 heavy (non-hydrogen) atoms. The quantitative estimate of drug-likeness (QED) is 0.741. The van der Waals surface area contributed by atoms with Crippen molar-refractivity contribution in [2.75, 3.05) is 20.7 Å². The molecule has 1 atom stereocenters. The molecule has 2 aromatic rings. The maximum absolute atomic E-state index is 13.1. The van der Waals surface area contributed by atoms with Gasteiger partial charge in [-0.15, -0.1) is 11.3 Å². The van der Waals surface area contributed by atoms with Crippen LogP contribution in [0, 0.1) is 5.92 Å². The lowest BCUT2D eigenvalue weighted by atomic mass is 10.0. The number of nitrogens with two attached hydrogens (primary N) is 1. The van der Waals surface area contributed by atoms with Crippen molar-refractivity contribution >= 4 is 37.4 Å². The van der Waals surface area contributed by atoms with E-state index in [4.69, 9.17) is 10.5 Å². The highest BCUT2D eigenvalue weighted by Gasteiger charge is 2.32. The third-order valence-electron chi connectivity index (χ3n) is 4.22. The molecule has 0 spiro atoms. The average molecular weight is 385 g/mol. The highest BCUT2D eigenvalue weighted by molar-refractivity contribution is 7.89. The van der Waals surface area contributed by atoms with Gasteiger partial charge in [0.15, 0.2) is 0 Å². The van der Waals surface area contributed by atoms with Crippen LogP contribution in [0.15, 0.2) is 29.2 Å². The third kappa shape index (κ3) is 4.03. The van der Waals surface area contributed by atoms with Crippen LogP contribution in [0.2, 0.25) is 0 Å². The molecule has 0 radical (unpaired) electrons. The number of sulfonamides is 1. The second-order valence-corrected chi connectivity index (χ2v) is 9.31. The smallest absolute Gasteiger partial charge is 0.349 e. The molecule has 0 fully saturated rings. The first-order valence-corrected chi connectivity index (χ1v) is 10.3. The fourth-order valence-electron chi connectivity index (χ4n) is 2.45. The Hall–Kier alpha value is -1.48. The van der Waals surface area contributed by atoms with Crippen molar-refractivity contribution in [2.24, 2.45) is 11.7 Å². The van der Waals surface area contributed by atoms with Crippen LogP contribution in [0.3, 0.4) is 0 Å². The first-order chi connectivity index (χ1) is 11.7. The molecule has 0 aliphatic rings. The number of carbonyl (C=O) groups is 1. The first kappa shape index (κ1) is 19.8. The molecular weight excluding hydrogens is 360 g/mol. The number of thiophene rings is 1. The summed E-state index contributed by atoms with van der Waals surface area (Å²) in [6, 6.07) is 6.97. The summed E-state index contributed by atoms with van der Waals surface area (Å²) >= 11 is 1.13. The summed E-state index contributed by atoms with van der Waals surface area (Å²) in [5.74, 6) is -0.379. The van der Waals surface area contributed by atoms with E-state index in [1.807, 2.05) is 19.9 Å². The zero-order valence-corrected chi connectivity index (χ0v) is 16.5. The van der Waals surface area contributed by atoms with Gasteiger partial charge in [0.05, 0.1) is 7.11 Å². The Morgan fingerprint density at radius 3 is 2.56 bits per heavy atom. The lowest BCUT2D eigenvalue weighted by Crippen LogP contribution is -2.35. The first-order valence-electron chi connectivity index (χ1n) is 8.02. The van der Waals surface area contributed by atoms with Crippen LogP contribution in [-0.2, 0) is 14.8 Å². The fraction of sp³-hybridized carbons (Fsp3) is 0.471. The molecule has 2 rings (SSSR count). The standard InChI is InChI=1S/C17H24N2O4S2/c1-11(2)13(18)9-10-19(3)25(21,22)16-12-7-5-6-8-14(12)24-15(16)17(20)23-4/h5-8,11,13H,9-10,18H2,1-4H3. The molecule has 1 aromatic heterocycles. The molecule has 2 N–H and O–H groups in total. The minimum Gasteiger partial charge on any atom is -0.465 e. The Balaban J connectivity index is 2.46. The van der Waals surface area contributed by atoms with Gasteiger partial charge in [-0.3, -0.25) is 0 Å². The number of hydrogen-bond donors (Lipinski definition) is 1. The number of nitrogens with zero attached hydrogens (tertiary/aromatic N) is 1. The molecule has 0 saturated heterocycles. The molecule has 0 bridgehead atoms. The molecule has 8 heteroatoms. The molecule has 6 nitrogen and oxygen atoms in total. The summed E-state index contributed by atoms with van der Waals surface area (Å²) in [7, 11) is -1.09. The number of esters is 1. The lowest BCUT2D eigenvalue weighted by Gasteiger charge is -2.21. The summed E-state index contributed by atoms with van der Waals surface area (Å²) in [6.45, 7) is 4.29. The van der Waals surface area contributed by atoms with Crippen molar-refractivity contribution < 1.29 is 17.9 Å². The Morgan fingerprint density at radius 1 is 1.32 bits per heavy atom. The van der Waals surface area contributed by atoms with Gasteiger partial charge in [0, 0.05) is 29.7 Å². The van der Waals surface area contributed by atoms with Gasteiger partial charge in [-0.25, -0.2) is 17.5 Å². The second kappa shape index (κ2) is 7.82. The maximum Gasteiger partial charge on any atom is 0.349 e. The van der Waals surface area contributed by atoms with Gasteiger partial charge >= 0.3 is 5.97 Å². The van der Waals surface area contributed by atoms with Crippen molar-refractivity contribution in [1.29, 1.82) is 0 Å². The monoisotopic (exact) mass is 384 g/mol. The molecule has 0 aliphatic carbocycles. The minimum absolute atomic E-state index is 0.0144. The molecule has 138 valence electrons. The van der Waals surface area contributed by atoms with E-state index >= 15 is 0 Å². The van der Waals surface area contributed by atoms with Crippen LogP contribution in [0.4, 0.5) is 0 Å². The highest BCUT2D eigenvalue weighted by atomic mass is 32.2. The van der Waals surface area contributed by atoms with Crippen molar-refractivity contribution in [3.8, 4) is 0 Å². The van der Waals surface area contributed by atoms with Gasteiger partial charge in [-0.2, -0.15) is 0 Å². The fourth-order valence-corrected chi connectivity index (χ4v) is 5.40. The summed E-state index contributed by atoms with van der Waals surface area (Å²) in [4.78, 5) is 12.2. The van der Waals surface area contributed by atoms with E-state index < -0.39 is 16.0 Å². The average Bonchev–Trinajstić information content (AvgIpc) is 2.98. The summed E-state index contributed by atoms with van der Waals surface area (Å²) in [5, 5.41) is 0.535. The normalized spacial score (nSPS) is 13.6. The van der Waals surface area contributed by atoms with E-state index in [1.165, 1.54) is 18.5 Å². The van der Waals surface area contributed by atoms with Crippen LogP contribution < -0.4 is 5.73 Å². The predicted octanol–water partition coefficient (Wildman–Crippen LogP) is 2.68. The number of fused-ring (bicyclic) bond motifs is 1. The summed E-state index contributed by atoms with van der Waals surface area (Å²) < 4.78 is 33.0. The van der Waals surface area contributed by atoms with Crippen molar-refractivity contribution in [1.82, 2.24) is 4.31 Å². The number of ether oxygens (including phenoxy) is 1.